The van der Waals surface area contributed by atoms with E-state index in [1.54, 1.807) is 5.30 Å². The molecule has 2 rings (SSSR count). The van der Waals surface area contributed by atoms with Gasteiger partial charge in [0.05, 0.1) is 6.04 Å². The topological polar surface area (TPSA) is 12.0 Å². The van der Waals surface area contributed by atoms with Crippen molar-refractivity contribution in [3.05, 3.63) is 65.2 Å². The summed E-state index contributed by atoms with van der Waals surface area (Å²) in [5.41, 5.74) is 5.00. The van der Waals surface area contributed by atoms with Gasteiger partial charge in [0.25, 0.3) is 0 Å². The van der Waals surface area contributed by atoms with E-state index in [-0.39, 0.29) is 6.04 Å². The van der Waals surface area contributed by atoms with E-state index in [0.29, 0.717) is 0 Å². The smallest absolute Gasteiger partial charge is 0.0580 e. The van der Waals surface area contributed by atoms with E-state index < -0.39 is 0 Å². The first-order chi connectivity index (χ1) is 11.6. The third kappa shape index (κ3) is 4.68. The van der Waals surface area contributed by atoms with E-state index in [1.165, 1.54) is 29.5 Å². The molecule has 3 atom stereocenters. The van der Waals surface area contributed by atoms with E-state index in [2.05, 4.69) is 88.6 Å². The van der Waals surface area contributed by atoms with E-state index in [0.717, 1.165) is 20.2 Å². The van der Waals surface area contributed by atoms with Crippen LogP contribution in [0, 0.1) is 12.8 Å². The van der Waals surface area contributed by atoms with Gasteiger partial charge in [-0.2, -0.15) is 0 Å². The fourth-order valence-corrected chi connectivity index (χ4v) is 5.19. The molecule has 0 saturated heterocycles. The molecule has 2 heteroatoms. The summed E-state index contributed by atoms with van der Waals surface area (Å²) in [6.07, 6.45) is 2.59. The summed E-state index contributed by atoms with van der Waals surface area (Å²) < 4.78 is 0. The first kappa shape index (κ1) is 19.2. The molecule has 0 aromatic heterocycles. The van der Waals surface area contributed by atoms with Gasteiger partial charge in [0.15, 0.2) is 0 Å². The highest BCUT2D eigenvalue weighted by Crippen LogP contribution is 2.34. The Bertz CT molecular complexity index is 621. The number of nitrogens with one attached hydrogen (secondary N) is 1. The molecule has 0 aliphatic carbocycles. The summed E-state index contributed by atoms with van der Waals surface area (Å²) >= 11 is 0. The lowest BCUT2D eigenvalue weighted by Crippen LogP contribution is -2.25. The second kappa shape index (κ2) is 9.35. The summed E-state index contributed by atoms with van der Waals surface area (Å²) in [7, 11) is 2.95. The van der Waals surface area contributed by atoms with Crippen molar-refractivity contribution in [2.24, 2.45) is 5.92 Å². The van der Waals surface area contributed by atoms with Crippen LogP contribution in [0.1, 0.15) is 56.3 Å². The highest BCUT2D eigenvalue weighted by Gasteiger charge is 2.21. The Labute approximate surface area is 150 Å². The molecule has 0 aliphatic heterocycles. The minimum absolute atomic E-state index is 0.267. The van der Waals surface area contributed by atoms with Gasteiger partial charge in [-0.15, -0.1) is 0 Å². The molecule has 1 N–H and O–H groups in total. The van der Waals surface area contributed by atoms with Gasteiger partial charge < -0.3 is 5.32 Å². The normalized spacial score (nSPS) is 14.4. The molecule has 2 aromatic carbocycles. The SMILES string of the molecule is CCCC(Pc1c(C)cccc1C(NC)c1ccccc1)C(C)C. The maximum absolute atomic E-state index is 3.54. The van der Waals surface area contributed by atoms with Crippen LogP contribution < -0.4 is 10.6 Å². The van der Waals surface area contributed by atoms with Crippen LogP contribution in [-0.4, -0.2) is 12.7 Å². The highest BCUT2D eigenvalue weighted by atomic mass is 31.1. The van der Waals surface area contributed by atoms with Gasteiger partial charge >= 0.3 is 0 Å². The van der Waals surface area contributed by atoms with Crippen LogP contribution in [-0.2, 0) is 0 Å². The average molecular weight is 341 g/mol. The molecule has 0 saturated carbocycles. The van der Waals surface area contributed by atoms with E-state index in [4.69, 9.17) is 0 Å². The van der Waals surface area contributed by atoms with Gasteiger partial charge in [-0.1, -0.05) is 84.3 Å². The Kier molecular flexibility index (Phi) is 7.46. The van der Waals surface area contributed by atoms with Crippen LogP contribution in [0.25, 0.3) is 0 Å². The van der Waals surface area contributed by atoms with Crippen LogP contribution in [0.2, 0.25) is 0 Å². The Morgan fingerprint density at radius 1 is 1.00 bits per heavy atom. The first-order valence-corrected chi connectivity index (χ1v) is 10.2. The summed E-state index contributed by atoms with van der Waals surface area (Å²) in [5.74, 6) is 0.737. The molecule has 0 amide bonds. The lowest BCUT2D eigenvalue weighted by molar-refractivity contribution is 0.564. The van der Waals surface area contributed by atoms with Crippen LogP contribution in [0.3, 0.4) is 0 Å². The third-order valence-corrected chi connectivity index (χ3v) is 7.07. The molecule has 130 valence electrons. The van der Waals surface area contributed by atoms with Crippen LogP contribution in [0.5, 0.6) is 0 Å². The molecule has 0 bridgehead atoms. The Hall–Kier alpha value is -1.17. The molecular weight excluding hydrogens is 309 g/mol. The fourth-order valence-electron chi connectivity index (χ4n) is 3.34. The van der Waals surface area contributed by atoms with Crippen molar-refractivity contribution in [1.82, 2.24) is 5.32 Å². The fraction of sp³-hybridized carbons (Fsp3) is 0.455. The largest absolute Gasteiger partial charge is 0.309 e. The van der Waals surface area contributed by atoms with E-state index in [1.807, 2.05) is 0 Å². The molecule has 3 unspecified atom stereocenters. The minimum Gasteiger partial charge on any atom is -0.309 e. The predicted molar refractivity (Wildman–Crippen MR) is 110 cm³/mol. The zero-order valence-electron chi connectivity index (χ0n) is 15.8. The summed E-state index contributed by atoms with van der Waals surface area (Å²) in [5, 5.41) is 5.10. The van der Waals surface area contributed by atoms with Gasteiger partial charge in [-0.25, -0.2) is 0 Å². The van der Waals surface area contributed by atoms with Crippen molar-refractivity contribution >= 4 is 13.9 Å². The van der Waals surface area contributed by atoms with E-state index in [9.17, 15) is 0 Å². The second-order valence-corrected chi connectivity index (χ2v) is 8.49. The molecule has 24 heavy (non-hydrogen) atoms. The summed E-state index contributed by atoms with van der Waals surface area (Å²) in [4.78, 5) is 0. The standard InChI is InChI=1S/C22H32NP/c1-6-11-20(16(2)3)24-22-17(4)12-10-15-19(22)21(23-5)18-13-8-7-9-14-18/h7-10,12-16,20-21,23-24H,6,11H2,1-5H3. The van der Waals surface area contributed by atoms with Gasteiger partial charge in [-0.05, 0) is 54.0 Å². The highest BCUT2D eigenvalue weighted by molar-refractivity contribution is 7.48. The van der Waals surface area contributed by atoms with Crippen molar-refractivity contribution in [3.8, 4) is 0 Å². The molecule has 0 spiro atoms. The van der Waals surface area contributed by atoms with Crippen molar-refractivity contribution in [2.45, 2.75) is 52.2 Å². The van der Waals surface area contributed by atoms with Crippen LogP contribution in [0.15, 0.2) is 48.5 Å². The van der Waals surface area contributed by atoms with Gasteiger partial charge in [0, 0.05) is 0 Å². The van der Waals surface area contributed by atoms with Gasteiger partial charge in [0.2, 0.25) is 0 Å². The number of aryl methyl sites for hydroxylation is 1. The lowest BCUT2D eigenvalue weighted by atomic mass is 9.97. The summed E-state index contributed by atoms with van der Waals surface area (Å²) in [6, 6.07) is 17.9. The number of benzene rings is 2. The Morgan fingerprint density at radius 2 is 1.71 bits per heavy atom. The number of rotatable bonds is 8. The maximum Gasteiger partial charge on any atom is 0.0580 e. The molecule has 2 aromatic rings. The molecule has 0 aliphatic rings. The van der Waals surface area contributed by atoms with E-state index >= 15 is 0 Å². The van der Waals surface area contributed by atoms with Gasteiger partial charge in [0.1, 0.15) is 0 Å². The molecule has 0 radical (unpaired) electrons. The zero-order valence-corrected chi connectivity index (χ0v) is 16.8. The number of hydrogen-bond acceptors (Lipinski definition) is 1. The Morgan fingerprint density at radius 3 is 2.29 bits per heavy atom. The Balaban J connectivity index is 2.41. The molecule has 0 fully saturated rings. The molecule has 1 nitrogen and oxygen atoms in total. The average Bonchev–Trinajstić information content (AvgIpc) is 2.58. The third-order valence-electron chi connectivity index (χ3n) is 4.77. The second-order valence-electron chi connectivity index (χ2n) is 6.96. The van der Waals surface area contributed by atoms with Crippen molar-refractivity contribution in [2.75, 3.05) is 7.05 Å². The van der Waals surface area contributed by atoms with Crippen molar-refractivity contribution < 1.29 is 0 Å². The van der Waals surface area contributed by atoms with Crippen LogP contribution in [0.4, 0.5) is 0 Å². The molecular formula is C22H32NP. The molecule has 0 heterocycles. The quantitative estimate of drug-likeness (QED) is 0.631. The monoisotopic (exact) mass is 341 g/mol. The first-order valence-electron chi connectivity index (χ1n) is 9.16. The van der Waals surface area contributed by atoms with Crippen molar-refractivity contribution in [1.29, 1.82) is 0 Å². The van der Waals surface area contributed by atoms with Crippen LogP contribution >= 0.6 is 8.58 Å². The minimum atomic E-state index is 0.267. The summed E-state index contributed by atoms with van der Waals surface area (Å²) in [6.45, 7) is 9.32. The maximum atomic E-state index is 3.54. The van der Waals surface area contributed by atoms with Crippen molar-refractivity contribution in [3.63, 3.8) is 0 Å². The van der Waals surface area contributed by atoms with Gasteiger partial charge in [-0.3, -0.25) is 0 Å². The predicted octanol–water partition coefficient (Wildman–Crippen LogP) is 5.43. The lowest BCUT2D eigenvalue weighted by Gasteiger charge is -2.26. The zero-order chi connectivity index (χ0) is 17.5. The number of hydrogen-bond donors (Lipinski definition) is 1.